The molecule has 0 saturated carbocycles. The van der Waals surface area contributed by atoms with E-state index in [1.807, 2.05) is 24.3 Å². The molecule has 1 heterocycles. The topological polar surface area (TPSA) is 138 Å². The van der Waals surface area contributed by atoms with Crippen molar-refractivity contribution in [1.82, 2.24) is 21.0 Å². The Kier molecular flexibility index (Phi) is 7.44. The van der Waals surface area contributed by atoms with Gasteiger partial charge < -0.3 is 20.4 Å². The van der Waals surface area contributed by atoms with Crippen molar-refractivity contribution in [2.24, 2.45) is 11.8 Å². The number of H-pyrrole nitrogens is 1. The van der Waals surface area contributed by atoms with Gasteiger partial charge in [-0.2, -0.15) is 0 Å². The molecule has 3 amide bonds. The van der Waals surface area contributed by atoms with Gasteiger partial charge >= 0.3 is 6.09 Å². The highest BCUT2D eigenvalue weighted by Crippen LogP contribution is 2.19. The Hall–Kier alpha value is -3.07. The first-order chi connectivity index (χ1) is 14.0. The van der Waals surface area contributed by atoms with Crippen LogP contribution in [-0.4, -0.2) is 40.6 Å². The van der Waals surface area contributed by atoms with Crippen LogP contribution in [-0.2, 0) is 20.7 Å². The number of aromatic nitrogens is 1. The van der Waals surface area contributed by atoms with Crippen molar-refractivity contribution < 1.29 is 19.1 Å². The number of fused-ring (bicyclic) bond motifs is 1. The molecule has 30 heavy (non-hydrogen) atoms. The number of alkyl carbamates (subject to hydrolysis) is 1. The van der Waals surface area contributed by atoms with Crippen molar-refractivity contribution in [1.29, 1.82) is 0 Å². The molecule has 0 bridgehead atoms. The van der Waals surface area contributed by atoms with Gasteiger partial charge in [0, 0.05) is 23.5 Å². The quantitative estimate of drug-likeness (QED) is 0.265. The number of para-hydroxylation sites is 1. The second-order valence-corrected chi connectivity index (χ2v) is 8.50. The second-order valence-electron chi connectivity index (χ2n) is 8.50. The Morgan fingerprint density at radius 3 is 2.37 bits per heavy atom. The maximum atomic E-state index is 13.0. The zero-order chi connectivity index (χ0) is 22.5. The van der Waals surface area contributed by atoms with Gasteiger partial charge in [0.1, 0.15) is 17.7 Å². The monoisotopic (exact) mass is 417 g/mol. The van der Waals surface area contributed by atoms with Crippen LogP contribution < -0.4 is 21.9 Å². The van der Waals surface area contributed by atoms with Gasteiger partial charge in [0.05, 0.1) is 0 Å². The Morgan fingerprint density at radius 1 is 1.10 bits per heavy atom. The molecule has 0 unspecified atom stereocenters. The number of nitrogens with two attached hydrogens (primary N) is 1. The van der Waals surface area contributed by atoms with Crippen LogP contribution in [0.5, 0.6) is 0 Å². The van der Waals surface area contributed by atoms with Crippen molar-refractivity contribution in [3.8, 4) is 0 Å². The summed E-state index contributed by atoms with van der Waals surface area (Å²) < 4.78 is 5.31. The Labute approximate surface area is 176 Å². The third-order valence-corrected chi connectivity index (χ3v) is 4.50. The Morgan fingerprint density at radius 2 is 1.77 bits per heavy atom. The first kappa shape index (κ1) is 23.2. The van der Waals surface area contributed by atoms with Crippen LogP contribution in [0, 0.1) is 5.92 Å². The van der Waals surface area contributed by atoms with Crippen molar-refractivity contribution in [2.45, 2.75) is 58.7 Å². The Balaban J connectivity index is 2.26. The molecule has 0 aliphatic carbocycles. The van der Waals surface area contributed by atoms with E-state index in [4.69, 9.17) is 10.6 Å². The molecule has 2 rings (SSSR count). The summed E-state index contributed by atoms with van der Waals surface area (Å²) in [5.74, 6) is 4.02. The smallest absolute Gasteiger partial charge is 0.408 e. The van der Waals surface area contributed by atoms with Crippen LogP contribution in [0.15, 0.2) is 30.5 Å². The fourth-order valence-electron chi connectivity index (χ4n) is 3.06. The minimum absolute atomic E-state index is 0.201. The maximum absolute atomic E-state index is 13.0. The van der Waals surface area contributed by atoms with Gasteiger partial charge in [-0.15, -0.1) is 0 Å². The summed E-state index contributed by atoms with van der Waals surface area (Å²) in [6.07, 6.45) is 1.30. The zero-order valence-corrected chi connectivity index (χ0v) is 18.0. The summed E-state index contributed by atoms with van der Waals surface area (Å²) in [7, 11) is 0. The van der Waals surface area contributed by atoms with Gasteiger partial charge in [0.25, 0.3) is 5.91 Å². The van der Waals surface area contributed by atoms with E-state index in [1.165, 1.54) is 0 Å². The lowest BCUT2D eigenvalue weighted by molar-refractivity contribution is -0.131. The number of ether oxygens (including phenoxy) is 1. The van der Waals surface area contributed by atoms with E-state index in [1.54, 1.807) is 40.8 Å². The lowest BCUT2D eigenvalue weighted by Crippen LogP contribution is -2.57. The molecule has 2 atom stereocenters. The molecule has 1 aromatic carbocycles. The normalized spacial score (nSPS) is 13.6. The summed E-state index contributed by atoms with van der Waals surface area (Å²) in [6.45, 7) is 8.79. The van der Waals surface area contributed by atoms with Gasteiger partial charge in [-0.1, -0.05) is 32.0 Å². The summed E-state index contributed by atoms with van der Waals surface area (Å²) in [4.78, 5) is 40.6. The van der Waals surface area contributed by atoms with Gasteiger partial charge in [0.2, 0.25) is 5.91 Å². The lowest BCUT2D eigenvalue weighted by Gasteiger charge is -2.26. The molecular formula is C21H31N5O4. The Bertz CT molecular complexity index is 900. The first-order valence-corrected chi connectivity index (χ1v) is 9.87. The van der Waals surface area contributed by atoms with E-state index in [9.17, 15) is 14.4 Å². The minimum atomic E-state index is -0.953. The zero-order valence-electron chi connectivity index (χ0n) is 18.0. The predicted octanol–water partition coefficient (Wildman–Crippen LogP) is 1.73. The molecule has 0 radical (unpaired) electrons. The van der Waals surface area contributed by atoms with Crippen molar-refractivity contribution in [2.75, 3.05) is 0 Å². The van der Waals surface area contributed by atoms with Gasteiger partial charge in [-0.05, 0) is 38.3 Å². The molecular weight excluding hydrogens is 386 g/mol. The molecule has 164 valence electrons. The van der Waals surface area contributed by atoms with Gasteiger partial charge in [-0.3, -0.25) is 15.0 Å². The highest BCUT2D eigenvalue weighted by molar-refractivity contribution is 5.92. The first-order valence-electron chi connectivity index (χ1n) is 9.87. The molecule has 0 fully saturated rings. The maximum Gasteiger partial charge on any atom is 0.408 e. The van der Waals surface area contributed by atoms with E-state index in [0.717, 1.165) is 16.5 Å². The third kappa shape index (κ3) is 6.21. The van der Waals surface area contributed by atoms with Crippen LogP contribution in [0.4, 0.5) is 4.79 Å². The molecule has 2 aromatic rings. The van der Waals surface area contributed by atoms with E-state index in [-0.39, 0.29) is 12.3 Å². The average molecular weight is 418 g/mol. The summed E-state index contributed by atoms with van der Waals surface area (Å²) >= 11 is 0. The summed E-state index contributed by atoms with van der Waals surface area (Å²) in [5.41, 5.74) is 3.12. The van der Waals surface area contributed by atoms with Gasteiger partial charge in [0.15, 0.2) is 0 Å². The molecule has 1 aromatic heterocycles. The molecule has 9 heteroatoms. The third-order valence-electron chi connectivity index (χ3n) is 4.50. The fraction of sp³-hybridized carbons (Fsp3) is 0.476. The van der Waals surface area contributed by atoms with Crippen LogP contribution in [0.25, 0.3) is 10.9 Å². The SMILES string of the molecule is CC(C)[C@@H](NC(=O)[C@H](Cc1c[nH]c2ccccc12)NC(=O)OC(C)(C)C)C(=O)NN. The average Bonchev–Trinajstić information content (AvgIpc) is 3.06. The van der Waals surface area contributed by atoms with Crippen LogP contribution >= 0.6 is 0 Å². The van der Waals surface area contributed by atoms with E-state index >= 15 is 0 Å². The number of hydrogen-bond donors (Lipinski definition) is 5. The summed E-state index contributed by atoms with van der Waals surface area (Å²) in [5, 5.41) is 6.26. The number of rotatable bonds is 7. The number of aromatic amines is 1. The van der Waals surface area contributed by atoms with Crippen molar-refractivity contribution >= 4 is 28.8 Å². The van der Waals surface area contributed by atoms with Crippen molar-refractivity contribution in [3.05, 3.63) is 36.0 Å². The second kappa shape index (κ2) is 9.62. The number of carbonyl (C=O) groups is 3. The standard InChI is InChI=1S/C21H31N5O4/c1-12(2)17(19(28)26-22)25-18(27)16(24-20(29)30-21(3,4)5)10-13-11-23-15-9-7-6-8-14(13)15/h6-9,11-12,16-17,23H,10,22H2,1-5H3,(H,24,29)(H,25,27)(H,26,28)/t16-,17+/m0/s1. The van der Waals surface area contributed by atoms with Crippen LogP contribution in [0.1, 0.15) is 40.2 Å². The number of benzene rings is 1. The molecule has 0 aliphatic heterocycles. The molecule has 0 saturated heterocycles. The van der Waals surface area contributed by atoms with E-state index in [0.29, 0.717) is 0 Å². The number of amides is 3. The lowest BCUT2D eigenvalue weighted by atomic mass is 10.0. The number of hydrazine groups is 1. The highest BCUT2D eigenvalue weighted by atomic mass is 16.6. The molecule has 9 nitrogen and oxygen atoms in total. The predicted molar refractivity (Wildman–Crippen MR) is 114 cm³/mol. The van der Waals surface area contributed by atoms with Crippen LogP contribution in [0.3, 0.4) is 0 Å². The molecule has 6 N–H and O–H groups in total. The van der Waals surface area contributed by atoms with Gasteiger partial charge in [-0.25, -0.2) is 10.6 Å². The van der Waals surface area contributed by atoms with Crippen LogP contribution in [0.2, 0.25) is 0 Å². The fourth-order valence-corrected chi connectivity index (χ4v) is 3.06. The number of hydrogen-bond acceptors (Lipinski definition) is 5. The number of nitrogens with one attached hydrogen (secondary N) is 4. The number of carbonyl (C=O) groups excluding carboxylic acids is 3. The highest BCUT2D eigenvalue weighted by Gasteiger charge is 2.30. The largest absolute Gasteiger partial charge is 0.444 e. The van der Waals surface area contributed by atoms with Crippen molar-refractivity contribution in [3.63, 3.8) is 0 Å². The van der Waals surface area contributed by atoms with E-state index < -0.39 is 35.6 Å². The summed E-state index contributed by atoms with van der Waals surface area (Å²) in [6, 6.07) is 5.87. The molecule has 0 spiro atoms. The van der Waals surface area contributed by atoms with E-state index in [2.05, 4.69) is 21.0 Å². The molecule has 0 aliphatic rings. The minimum Gasteiger partial charge on any atom is -0.444 e.